The Balaban J connectivity index is 2.19. The predicted molar refractivity (Wildman–Crippen MR) is 84.9 cm³/mol. The first-order chi connectivity index (χ1) is 10.3. The summed E-state index contributed by atoms with van der Waals surface area (Å²) >= 11 is 5.95. The minimum atomic E-state index is -3.41. The van der Waals surface area contributed by atoms with Gasteiger partial charge >= 0.3 is 5.97 Å². The first-order valence-electron chi connectivity index (χ1n) is 6.49. The molecular weight excluding hydrogens is 324 g/mol. The Bertz CT molecular complexity index is 813. The second kappa shape index (κ2) is 6.50. The van der Waals surface area contributed by atoms with Crippen LogP contribution in [0.5, 0.6) is 0 Å². The fraction of sp³-hybridized carbons (Fsp3) is 0.188. The summed E-state index contributed by atoms with van der Waals surface area (Å²) in [6.07, 6.45) is 1.07. The van der Waals surface area contributed by atoms with E-state index in [1.807, 2.05) is 31.2 Å². The maximum absolute atomic E-state index is 12.1. The lowest BCUT2D eigenvalue weighted by atomic mass is 10.1. The van der Waals surface area contributed by atoms with Crippen molar-refractivity contribution in [2.24, 2.45) is 0 Å². The molecule has 0 aromatic heterocycles. The van der Waals surface area contributed by atoms with Gasteiger partial charge in [0.1, 0.15) is 6.61 Å². The van der Waals surface area contributed by atoms with E-state index in [9.17, 15) is 13.2 Å². The van der Waals surface area contributed by atoms with Gasteiger partial charge in [-0.1, -0.05) is 41.4 Å². The molecule has 0 saturated carbocycles. The average molecular weight is 339 g/mol. The van der Waals surface area contributed by atoms with Gasteiger partial charge in [-0.25, -0.2) is 13.2 Å². The Labute approximate surface area is 134 Å². The third kappa shape index (κ3) is 4.08. The van der Waals surface area contributed by atoms with Crippen LogP contribution in [-0.4, -0.2) is 20.6 Å². The second-order valence-electron chi connectivity index (χ2n) is 4.98. The standard InChI is InChI=1S/C16H15ClO4S/c1-11-4-3-5-12(8-11)10-21-16(18)14-9-13(22(2,19)20)6-7-15(14)17/h3-9H,10H2,1-2H3. The van der Waals surface area contributed by atoms with Gasteiger partial charge in [0.25, 0.3) is 0 Å². The van der Waals surface area contributed by atoms with Crippen LogP contribution in [0.3, 0.4) is 0 Å². The molecule has 0 aliphatic heterocycles. The van der Waals surface area contributed by atoms with Crippen molar-refractivity contribution in [3.63, 3.8) is 0 Å². The highest BCUT2D eigenvalue weighted by molar-refractivity contribution is 7.90. The molecule has 0 amide bonds. The fourth-order valence-electron chi connectivity index (χ4n) is 1.92. The lowest BCUT2D eigenvalue weighted by Gasteiger charge is -2.08. The highest BCUT2D eigenvalue weighted by Crippen LogP contribution is 2.22. The number of carbonyl (C=O) groups is 1. The summed E-state index contributed by atoms with van der Waals surface area (Å²) in [6.45, 7) is 2.04. The molecule has 0 radical (unpaired) electrons. The molecule has 0 unspecified atom stereocenters. The molecule has 22 heavy (non-hydrogen) atoms. The van der Waals surface area contributed by atoms with Crippen molar-refractivity contribution in [1.29, 1.82) is 0 Å². The highest BCUT2D eigenvalue weighted by Gasteiger charge is 2.16. The third-order valence-corrected chi connectivity index (χ3v) is 4.48. The topological polar surface area (TPSA) is 60.4 Å². The molecule has 0 N–H and O–H groups in total. The number of carbonyl (C=O) groups excluding carboxylic acids is 1. The van der Waals surface area contributed by atoms with Gasteiger partial charge in [0.2, 0.25) is 0 Å². The lowest BCUT2D eigenvalue weighted by Crippen LogP contribution is -2.08. The van der Waals surface area contributed by atoms with E-state index < -0.39 is 15.8 Å². The first kappa shape index (κ1) is 16.5. The van der Waals surface area contributed by atoms with Gasteiger partial charge in [-0.3, -0.25) is 0 Å². The second-order valence-corrected chi connectivity index (χ2v) is 7.40. The molecule has 2 aromatic carbocycles. The Hall–Kier alpha value is -1.85. The van der Waals surface area contributed by atoms with Crippen LogP contribution >= 0.6 is 11.6 Å². The maximum atomic E-state index is 12.1. The molecule has 0 spiro atoms. The van der Waals surface area contributed by atoms with E-state index in [0.29, 0.717) is 0 Å². The maximum Gasteiger partial charge on any atom is 0.340 e. The van der Waals surface area contributed by atoms with Gasteiger partial charge < -0.3 is 4.74 Å². The van der Waals surface area contributed by atoms with Crippen molar-refractivity contribution in [3.05, 3.63) is 64.2 Å². The number of hydrogen-bond donors (Lipinski definition) is 0. The lowest BCUT2D eigenvalue weighted by molar-refractivity contribution is 0.0472. The quantitative estimate of drug-likeness (QED) is 0.801. The van der Waals surface area contributed by atoms with E-state index in [1.54, 1.807) is 0 Å². The van der Waals surface area contributed by atoms with Crippen LogP contribution in [0.4, 0.5) is 0 Å². The van der Waals surface area contributed by atoms with Crippen LogP contribution in [0, 0.1) is 6.92 Å². The van der Waals surface area contributed by atoms with Crippen LogP contribution in [0.1, 0.15) is 21.5 Å². The molecule has 2 rings (SSSR count). The largest absolute Gasteiger partial charge is 0.457 e. The van der Waals surface area contributed by atoms with Crippen molar-refractivity contribution >= 4 is 27.4 Å². The Kier molecular flexibility index (Phi) is 4.88. The summed E-state index contributed by atoms with van der Waals surface area (Å²) in [5.41, 5.74) is 1.95. The molecular formula is C16H15ClO4S. The number of halogens is 1. The van der Waals surface area contributed by atoms with E-state index in [2.05, 4.69) is 0 Å². The van der Waals surface area contributed by atoms with Crippen LogP contribution in [0.2, 0.25) is 5.02 Å². The van der Waals surface area contributed by atoms with E-state index in [4.69, 9.17) is 16.3 Å². The van der Waals surface area contributed by atoms with Crippen LogP contribution in [-0.2, 0) is 21.2 Å². The third-order valence-electron chi connectivity index (χ3n) is 3.04. The summed E-state index contributed by atoms with van der Waals surface area (Å²) in [4.78, 5) is 12.1. The molecule has 2 aromatic rings. The Morgan fingerprint density at radius 1 is 1.18 bits per heavy atom. The van der Waals surface area contributed by atoms with Gasteiger partial charge in [0.15, 0.2) is 9.84 Å². The van der Waals surface area contributed by atoms with Crippen LogP contribution < -0.4 is 0 Å². The predicted octanol–water partition coefficient (Wildman–Crippen LogP) is 3.41. The number of aryl methyl sites for hydroxylation is 1. The number of benzene rings is 2. The van der Waals surface area contributed by atoms with Crippen molar-refractivity contribution in [2.45, 2.75) is 18.4 Å². The molecule has 0 atom stereocenters. The molecule has 0 heterocycles. The van der Waals surface area contributed by atoms with E-state index >= 15 is 0 Å². The summed E-state index contributed by atoms with van der Waals surface area (Å²) in [6, 6.07) is 11.5. The van der Waals surface area contributed by atoms with E-state index in [1.165, 1.54) is 18.2 Å². The number of esters is 1. The van der Waals surface area contributed by atoms with Crippen LogP contribution in [0.25, 0.3) is 0 Å². The van der Waals surface area contributed by atoms with Crippen LogP contribution in [0.15, 0.2) is 47.4 Å². The number of ether oxygens (including phenoxy) is 1. The first-order valence-corrected chi connectivity index (χ1v) is 8.76. The van der Waals surface area contributed by atoms with Crippen molar-refractivity contribution in [2.75, 3.05) is 6.26 Å². The number of sulfone groups is 1. The zero-order valence-corrected chi connectivity index (χ0v) is 13.7. The molecule has 0 aliphatic carbocycles. The number of rotatable bonds is 4. The van der Waals surface area contributed by atoms with Gasteiger partial charge in [0, 0.05) is 6.26 Å². The van der Waals surface area contributed by atoms with Gasteiger partial charge in [-0.2, -0.15) is 0 Å². The summed E-state index contributed by atoms with van der Waals surface area (Å²) in [7, 11) is -3.41. The van der Waals surface area contributed by atoms with Crippen molar-refractivity contribution in [1.82, 2.24) is 0 Å². The minimum Gasteiger partial charge on any atom is -0.457 e. The molecule has 116 valence electrons. The molecule has 4 nitrogen and oxygen atoms in total. The summed E-state index contributed by atoms with van der Waals surface area (Å²) in [5, 5.41) is 0.154. The van der Waals surface area contributed by atoms with E-state index in [0.717, 1.165) is 17.4 Å². The zero-order chi connectivity index (χ0) is 16.3. The molecule has 0 bridgehead atoms. The molecule has 0 fully saturated rings. The summed E-state index contributed by atoms with van der Waals surface area (Å²) < 4.78 is 28.3. The van der Waals surface area contributed by atoms with Crippen molar-refractivity contribution in [3.8, 4) is 0 Å². The van der Waals surface area contributed by atoms with Gasteiger partial charge in [0.05, 0.1) is 15.5 Å². The SMILES string of the molecule is Cc1cccc(COC(=O)c2cc(S(C)(=O)=O)ccc2Cl)c1. The minimum absolute atomic E-state index is 0.0272. The Morgan fingerprint density at radius 3 is 2.55 bits per heavy atom. The molecule has 6 heteroatoms. The van der Waals surface area contributed by atoms with E-state index in [-0.39, 0.29) is 22.1 Å². The highest BCUT2D eigenvalue weighted by atomic mass is 35.5. The number of hydrogen-bond acceptors (Lipinski definition) is 4. The average Bonchev–Trinajstić information content (AvgIpc) is 2.44. The fourth-order valence-corrected chi connectivity index (χ4v) is 2.76. The zero-order valence-electron chi connectivity index (χ0n) is 12.2. The normalized spacial score (nSPS) is 11.2. The molecule has 0 aliphatic rings. The van der Waals surface area contributed by atoms with Gasteiger partial charge in [-0.05, 0) is 30.7 Å². The van der Waals surface area contributed by atoms with Gasteiger partial charge in [-0.15, -0.1) is 0 Å². The molecule has 0 saturated heterocycles. The monoisotopic (exact) mass is 338 g/mol. The summed E-state index contributed by atoms with van der Waals surface area (Å²) in [5.74, 6) is -0.656. The smallest absolute Gasteiger partial charge is 0.340 e. The van der Waals surface area contributed by atoms with Crippen molar-refractivity contribution < 1.29 is 17.9 Å². The Morgan fingerprint density at radius 2 is 1.91 bits per heavy atom.